The van der Waals surface area contributed by atoms with Crippen LogP contribution >= 0.6 is 11.6 Å². The molecular weight excluding hydrogens is 400 g/mol. The molecule has 0 aliphatic carbocycles. The first-order valence-electron chi connectivity index (χ1n) is 8.80. The van der Waals surface area contributed by atoms with E-state index in [9.17, 15) is 13.2 Å². The summed E-state index contributed by atoms with van der Waals surface area (Å²) in [6.07, 6.45) is 1.65. The van der Waals surface area contributed by atoms with E-state index in [1.807, 2.05) is 0 Å². The molecule has 0 saturated carbocycles. The SMILES string of the molecule is C=CCOc1ccc(C(=O)N2CCN(S(=O)(=O)c3ccc(Cl)cc3)CC2)cc1. The van der Waals surface area contributed by atoms with E-state index in [2.05, 4.69) is 6.58 Å². The van der Waals surface area contributed by atoms with Gasteiger partial charge in [0, 0.05) is 36.8 Å². The third kappa shape index (κ3) is 4.55. The molecule has 0 radical (unpaired) electrons. The van der Waals surface area contributed by atoms with E-state index in [-0.39, 0.29) is 23.9 Å². The molecule has 3 rings (SSSR count). The van der Waals surface area contributed by atoms with Gasteiger partial charge < -0.3 is 9.64 Å². The van der Waals surface area contributed by atoms with Crippen LogP contribution in [0.15, 0.2) is 66.1 Å². The van der Waals surface area contributed by atoms with Crippen LogP contribution in [0.5, 0.6) is 5.75 Å². The summed E-state index contributed by atoms with van der Waals surface area (Å²) in [5.41, 5.74) is 0.542. The van der Waals surface area contributed by atoms with Gasteiger partial charge in [0.2, 0.25) is 10.0 Å². The van der Waals surface area contributed by atoms with Gasteiger partial charge in [-0.1, -0.05) is 24.3 Å². The first-order valence-corrected chi connectivity index (χ1v) is 10.6. The summed E-state index contributed by atoms with van der Waals surface area (Å²) in [4.78, 5) is 14.5. The molecule has 6 nitrogen and oxygen atoms in total. The topological polar surface area (TPSA) is 66.9 Å². The summed E-state index contributed by atoms with van der Waals surface area (Å²) in [6, 6.07) is 13.0. The van der Waals surface area contributed by atoms with Crippen LogP contribution < -0.4 is 4.74 Å². The van der Waals surface area contributed by atoms with E-state index >= 15 is 0 Å². The molecule has 0 aromatic heterocycles. The minimum absolute atomic E-state index is 0.126. The van der Waals surface area contributed by atoms with Crippen molar-refractivity contribution in [1.82, 2.24) is 9.21 Å². The lowest BCUT2D eigenvalue weighted by Gasteiger charge is -2.34. The molecular formula is C20H21ClN2O4S. The smallest absolute Gasteiger partial charge is 0.253 e. The molecule has 1 aliphatic heterocycles. The number of carbonyl (C=O) groups is 1. The van der Waals surface area contributed by atoms with Crippen molar-refractivity contribution in [2.24, 2.45) is 0 Å². The lowest BCUT2D eigenvalue weighted by Crippen LogP contribution is -2.50. The third-order valence-corrected chi connectivity index (χ3v) is 6.61. The predicted molar refractivity (Wildman–Crippen MR) is 108 cm³/mol. The summed E-state index contributed by atoms with van der Waals surface area (Å²) in [5, 5.41) is 0.482. The van der Waals surface area contributed by atoms with Crippen molar-refractivity contribution in [1.29, 1.82) is 0 Å². The maximum Gasteiger partial charge on any atom is 0.253 e. The summed E-state index contributed by atoms with van der Waals surface area (Å²) in [6.45, 7) is 5.15. The Morgan fingerprint density at radius 3 is 2.21 bits per heavy atom. The number of hydrogen-bond donors (Lipinski definition) is 0. The summed E-state index contributed by atoms with van der Waals surface area (Å²) in [7, 11) is -3.59. The van der Waals surface area contributed by atoms with Crippen molar-refractivity contribution in [3.8, 4) is 5.75 Å². The second-order valence-corrected chi connectivity index (χ2v) is 8.65. The fourth-order valence-electron chi connectivity index (χ4n) is 2.92. The van der Waals surface area contributed by atoms with Crippen LogP contribution in [0, 0.1) is 0 Å². The van der Waals surface area contributed by atoms with Crippen molar-refractivity contribution in [3.05, 3.63) is 71.8 Å². The quantitative estimate of drug-likeness (QED) is 0.673. The van der Waals surface area contributed by atoms with E-state index in [1.165, 1.54) is 16.4 Å². The van der Waals surface area contributed by atoms with Crippen molar-refractivity contribution in [2.75, 3.05) is 32.8 Å². The first kappa shape index (κ1) is 20.4. The molecule has 148 valence electrons. The molecule has 0 bridgehead atoms. The molecule has 1 aliphatic rings. The molecule has 1 heterocycles. The largest absolute Gasteiger partial charge is 0.490 e. The molecule has 1 amide bonds. The molecule has 28 heavy (non-hydrogen) atoms. The predicted octanol–water partition coefficient (Wildman–Crippen LogP) is 3.05. The van der Waals surface area contributed by atoms with E-state index in [1.54, 1.807) is 47.4 Å². The fourth-order valence-corrected chi connectivity index (χ4v) is 4.47. The Morgan fingerprint density at radius 1 is 1.04 bits per heavy atom. The first-order chi connectivity index (χ1) is 13.4. The van der Waals surface area contributed by atoms with E-state index in [0.717, 1.165) is 0 Å². The van der Waals surface area contributed by atoms with Gasteiger partial charge in [-0.15, -0.1) is 0 Å². The van der Waals surface area contributed by atoms with Gasteiger partial charge in [0.15, 0.2) is 0 Å². The molecule has 1 fully saturated rings. The highest BCUT2D eigenvalue weighted by Crippen LogP contribution is 2.21. The summed E-state index contributed by atoms with van der Waals surface area (Å²) >= 11 is 5.83. The highest BCUT2D eigenvalue weighted by Gasteiger charge is 2.30. The minimum Gasteiger partial charge on any atom is -0.490 e. The van der Waals surface area contributed by atoms with Gasteiger partial charge in [-0.25, -0.2) is 8.42 Å². The van der Waals surface area contributed by atoms with Gasteiger partial charge >= 0.3 is 0 Å². The monoisotopic (exact) mass is 420 g/mol. The van der Waals surface area contributed by atoms with Gasteiger partial charge in [-0.2, -0.15) is 4.31 Å². The number of amides is 1. The number of piperazine rings is 1. The van der Waals surface area contributed by atoms with Crippen LogP contribution in [0.4, 0.5) is 0 Å². The molecule has 2 aromatic carbocycles. The second-order valence-electron chi connectivity index (χ2n) is 6.27. The second kappa shape index (κ2) is 8.77. The van der Waals surface area contributed by atoms with E-state index < -0.39 is 10.0 Å². The van der Waals surface area contributed by atoms with Crippen LogP contribution in [0.1, 0.15) is 10.4 Å². The average Bonchev–Trinajstić information content (AvgIpc) is 2.72. The number of nitrogens with zero attached hydrogens (tertiary/aromatic N) is 2. The van der Waals surface area contributed by atoms with Crippen molar-refractivity contribution >= 4 is 27.5 Å². The Kier molecular flexibility index (Phi) is 6.39. The molecule has 0 unspecified atom stereocenters. The third-order valence-electron chi connectivity index (χ3n) is 4.45. The Bertz CT molecular complexity index is 935. The lowest BCUT2D eigenvalue weighted by molar-refractivity contribution is 0.0698. The maximum atomic E-state index is 12.7. The highest BCUT2D eigenvalue weighted by atomic mass is 35.5. The van der Waals surface area contributed by atoms with Crippen LogP contribution in [-0.4, -0.2) is 56.3 Å². The summed E-state index contributed by atoms with van der Waals surface area (Å²) in [5.74, 6) is 0.536. The number of hydrogen-bond acceptors (Lipinski definition) is 4. The van der Waals surface area contributed by atoms with Crippen LogP contribution in [0.2, 0.25) is 5.02 Å². The minimum atomic E-state index is -3.59. The van der Waals surface area contributed by atoms with Crippen LogP contribution in [0.3, 0.4) is 0 Å². The van der Waals surface area contributed by atoms with Gasteiger partial charge in [0.05, 0.1) is 4.90 Å². The van der Waals surface area contributed by atoms with Crippen LogP contribution in [-0.2, 0) is 10.0 Å². The van der Waals surface area contributed by atoms with Gasteiger partial charge in [-0.05, 0) is 48.5 Å². The Morgan fingerprint density at radius 2 is 1.64 bits per heavy atom. The zero-order valence-electron chi connectivity index (χ0n) is 15.3. The number of carbonyl (C=O) groups excluding carboxylic acids is 1. The Labute approximate surface area is 170 Å². The van der Waals surface area contributed by atoms with Gasteiger partial charge in [-0.3, -0.25) is 4.79 Å². The normalized spacial score (nSPS) is 15.2. The lowest BCUT2D eigenvalue weighted by atomic mass is 10.2. The van der Waals surface area contributed by atoms with Crippen molar-refractivity contribution in [2.45, 2.75) is 4.90 Å². The average molecular weight is 421 g/mol. The zero-order chi connectivity index (χ0) is 20.1. The number of halogens is 1. The molecule has 1 saturated heterocycles. The highest BCUT2D eigenvalue weighted by molar-refractivity contribution is 7.89. The number of benzene rings is 2. The Hall–Kier alpha value is -2.35. The standard InChI is InChI=1S/C20H21ClN2O4S/c1-2-15-27-18-7-3-16(4-8-18)20(24)22-11-13-23(14-12-22)28(25,26)19-9-5-17(21)6-10-19/h2-10H,1,11-15H2. The van der Waals surface area contributed by atoms with Crippen molar-refractivity contribution in [3.63, 3.8) is 0 Å². The molecule has 0 spiro atoms. The number of rotatable bonds is 6. The number of sulfonamides is 1. The van der Waals surface area contributed by atoms with Crippen LogP contribution in [0.25, 0.3) is 0 Å². The van der Waals surface area contributed by atoms with Gasteiger partial charge in [0.25, 0.3) is 5.91 Å². The summed E-state index contributed by atoms with van der Waals surface area (Å²) < 4.78 is 32.3. The molecule has 8 heteroatoms. The zero-order valence-corrected chi connectivity index (χ0v) is 16.8. The number of ether oxygens (including phenoxy) is 1. The molecule has 0 atom stereocenters. The fraction of sp³-hybridized carbons (Fsp3) is 0.250. The molecule has 2 aromatic rings. The molecule has 0 N–H and O–H groups in total. The Balaban J connectivity index is 1.62. The van der Waals surface area contributed by atoms with Gasteiger partial charge in [0.1, 0.15) is 12.4 Å². The van der Waals surface area contributed by atoms with Crippen molar-refractivity contribution < 1.29 is 17.9 Å². The maximum absolute atomic E-state index is 12.7. The van der Waals surface area contributed by atoms with E-state index in [4.69, 9.17) is 16.3 Å². The van der Waals surface area contributed by atoms with E-state index in [0.29, 0.717) is 36.0 Å².